The van der Waals surface area contributed by atoms with Gasteiger partial charge in [0, 0.05) is 44.3 Å². The van der Waals surface area contributed by atoms with E-state index in [0.717, 1.165) is 49.3 Å². The molecule has 5 heteroatoms. The Morgan fingerprint density at radius 2 is 1.79 bits per heavy atom. The van der Waals surface area contributed by atoms with Crippen LogP contribution in [0.25, 0.3) is 0 Å². The minimum absolute atomic E-state index is 0.542. The Bertz CT molecular complexity index is 461. The zero-order valence-electron chi connectivity index (χ0n) is 11.9. The van der Waals surface area contributed by atoms with Crippen LogP contribution in [0.3, 0.4) is 0 Å². The number of anilines is 1. The number of piperazine rings is 1. The maximum atomic E-state index is 5.91. The smallest absolute Gasteiger partial charge is 0.156 e. The lowest BCUT2D eigenvalue weighted by Crippen LogP contribution is -2.48. The highest BCUT2D eigenvalue weighted by atomic mass is 15.3. The zero-order chi connectivity index (χ0) is 13.4. The van der Waals surface area contributed by atoms with Gasteiger partial charge in [0.25, 0.3) is 0 Å². The predicted octanol–water partition coefficient (Wildman–Crippen LogP) is 0.837. The maximum Gasteiger partial charge on any atom is 0.156 e. The Morgan fingerprint density at radius 3 is 2.37 bits per heavy atom. The van der Waals surface area contributed by atoms with E-state index in [0.29, 0.717) is 6.54 Å². The Hall–Kier alpha value is -1.20. The third-order valence-corrected chi connectivity index (χ3v) is 4.44. The van der Waals surface area contributed by atoms with Gasteiger partial charge in [-0.25, -0.2) is 0 Å². The molecule has 2 fully saturated rings. The van der Waals surface area contributed by atoms with Crippen LogP contribution >= 0.6 is 0 Å². The van der Waals surface area contributed by atoms with Crippen molar-refractivity contribution >= 4 is 5.82 Å². The molecule has 104 valence electrons. The molecule has 0 spiro atoms. The Morgan fingerprint density at radius 1 is 1.11 bits per heavy atom. The van der Waals surface area contributed by atoms with E-state index < -0.39 is 0 Å². The van der Waals surface area contributed by atoms with Gasteiger partial charge < -0.3 is 10.6 Å². The van der Waals surface area contributed by atoms with Crippen LogP contribution in [0.15, 0.2) is 0 Å². The van der Waals surface area contributed by atoms with E-state index in [2.05, 4.69) is 26.9 Å². The summed E-state index contributed by atoms with van der Waals surface area (Å²) in [5, 5.41) is 8.66. The molecule has 2 aliphatic rings. The lowest BCUT2D eigenvalue weighted by Gasteiger charge is -2.36. The van der Waals surface area contributed by atoms with E-state index in [-0.39, 0.29) is 0 Å². The SMILES string of the molecule is Cc1nnc(N2CCN(C3CC3)CC2)c(CN)c1C. The van der Waals surface area contributed by atoms with Crippen LogP contribution in [-0.4, -0.2) is 47.3 Å². The fourth-order valence-corrected chi connectivity index (χ4v) is 2.88. The molecule has 2 N–H and O–H groups in total. The number of rotatable bonds is 3. The van der Waals surface area contributed by atoms with Crippen molar-refractivity contribution in [2.45, 2.75) is 39.3 Å². The molecule has 0 bridgehead atoms. The third-order valence-electron chi connectivity index (χ3n) is 4.44. The van der Waals surface area contributed by atoms with Gasteiger partial charge in [-0.05, 0) is 32.3 Å². The molecule has 3 rings (SSSR count). The molecule has 2 heterocycles. The minimum atomic E-state index is 0.542. The van der Waals surface area contributed by atoms with Crippen molar-refractivity contribution in [3.63, 3.8) is 0 Å². The van der Waals surface area contributed by atoms with Crippen molar-refractivity contribution in [2.75, 3.05) is 31.1 Å². The molecule has 1 saturated heterocycles. The average molecular weight is 261 g/mol. The summed E-state index contributed by atoms with van der Waals surface area (Å²) < 4.78 is 0. The molecule has 5 nitrogen and oxygen atoms in total. The fourth-order valence-electron chi connectivity index (χ4n) is 2.88. The van der Waals surface area contributed by atoms with Crippen LogP contribution in [0, 0.1) is 13.8 Å². The van der Waals surface area contributed by atoms with Gasteiger partial charge in [0.15, 0.2) is 5.82 Å². The van der Waals surface area contributed by atoms with Gasteiger partial charge in [0.05, 0.1) is 5.69 Å². The Kier molecular flexibility index (Phi) is 3.41. The largest absolute Gasteiger partial charge is 0.352 e. The molecule has 0 aromatic carbocycles. The van der Waals surface area contributed by atoms with Gasteiger partial charge >= 0.3 is 0 Å². The molecule has 1 saturated carbocycles. The van der Waals surface area contributed by atoms with E-state index in [4.69, 9.17) is 5.73 Å². The third kappa shape index (κ3) is 2.44. The van der Waals surface area contributed by atoms with Crippen molar-refractivity contribution in [3.05, 3.63) is 16.8 Å². The lowest BCUT2D eigenvalue weighted by molar-refractivity contribution is 0.247. The van der Waals surface area contributed by atoms with Crippen LogP contribution in [0.1, 0.15) is 29.7 Å². The lowest BCUT2D eigenvalue weighted by atomic mass is 10.1. The molecule has 0 atom stereocenters. The van der Waals surface area contributed by atoms with E-state index in [1.165, 1.54) is 18.4 Å². The molecule has 0 radical (unpaired) electrons. The van der Waals surface area contributed by atoms with Gasteiger partial charge in [-0.15, -0.1) is 5.10 Å². The summed E-state index contributed by atoms with van der Waals surface area (Å²) in [4.78, 5) is 4.95. The van der Waals surface area contributed by atoms with Gasteiger partial charge in [-0.3, -0.25) is 4.90 Å². The first kappa shape index (κ1) is 12.8. The number of hydrogen-bond donors (Lipinski definition) is 1. The summed E-state index contributed by atoms with van der Waals surface area (Å²) in [7, 11) is 0. The van der Waals surface area contributed by atoms with E-state index in [1.807, 2.05) is 6.92 Å². The summed E-state index contributed by atoms with van der Waals surface area (Å²) in [6.45, 7) is 9.00. The fraction of sp³-hybridized carbons (Fsp3) is 0.714. The van der Waals surface area contributed by atoms with Crippen molar-refractivity contribution in [2.24, 2.45) is 5.73 Å². The highest BCUT2D eigenvalue weighted by molar-refractivity contribution is 5.51. The average Bonchev–Trinajstić information content (AvgIpc) is 3.26. The number of nitrogens with zero attached hydrogens (tertiary/aromatic N) is 4. The maximum absolute atomic E-state index is 5.91. The summed E-state index contributed by atoms with van der Waals surface area (Å²) in [5.74, 6) is 1.00. The first-order chi connectivity index (χ1) is 9.20. The molecular weight excluding hydrogens is 238 g/mol. The van der Waals surface area contributed by atoms with Crippen LogP contribution < -0.4 is 10.6 Å². The van der Waals surface area contributed by atoms with Gasteiger partial charge in [0.1, 0.15) is 0 Å². The summed E-state index contributed by atoms with van der Waals surface area (Å²) >= 11 is 0. The van der Waals surface area contributed by atoms with Crippen molar-refractivity contribution in [3.8, 4) is 0 Å². The Balaban J connectivity index is 1.77. The van der Waals surface area contributed by atoms with E-state index >= 15 is 0 Å². The van der Waals surface area contributed by atoms with Crippen LogP contribution in [0.4, 0.5) is 5.82 Å². The molecule has 0 amide bonds. The van der Waals surface area contributed by atoms with Crippen LogP contribution in [-0.2, 0) is 6.54 Å². The first-order valence-corrected chi connectivity index (χ1v) is 7.22. The highest BCUT2D eigenvalue weighted by Crippen LogP contribution is 2.29. The second-order valence-corrected chi connectivity index (χ2v) is 5.67. The van der Waals surface area contributed by atoms with Crippen LogP contribution in [0.2, 0.25) is 0 Å². The monoisotopic (exact) mass is 261 g/mol. The van der Waals surface area contributed by atoms with Gasteiger partial charge in [-0.2, -0.15) is 5.10 Å². The topological polar surface area (TPSA) is 58.3 Å². The Labute approximate surface area is 114 Å². The van der Waals surface area contributed by atoms with Crippen molar-refractivity contribution in [1.29, 1.82) is 0 Å². The van der Waals surface area contributed by atoms with E-state index in [9.17, 15) is 0 Å². The van der Waals surface area contributed by atoms with Crippen molar-refractivity contribution < 1.29 is 0 Å². The molecule has 19 heavy (non-hydrogen) atoms. The number of aryl methyl sites for hydroxylation is 1. The number of aromatic nitrogens is 2. The normalized spacial score (nSPS) is 20.9. The van der Waals surface area contributed by atoms with Crippen LogP contribution in [0.5, 0.6) is 0 Å². The molecule has 1 aromatic heterocycles. The molecular formula is C14H23N5. The second-order valence-electron chi connectivity index (χ2n) is 5.67. The first-order valence-electron chi connectivity index (χ1n) is 7.22. The minimum Gasteiger partial charge on any atom is -0.352 e. The second kappa shape index (κ2) is 5.06. The quantitative estimate of drug-likeness (QED) is 0.873. The predicted molar refractivity (Wildman–Crippen MR) is 76.2 cm³/mol. The summed E-state index contributed by atoms with van der Waals surface area (Å²) in [6, 6.07) is 0.863. The number of nitrogens with two attached hydrogens (primary N) is 1. The van der Waals surface area contributed by atoms with Gasteiger partial charge in [0.2, 0.25) is 0 Å². The summed E-state index contributed by atoms with van der Waals surface area (Å²) in [6.07, 6.45) is 2.77. The molecule has 0 unspecified atom stereocenters. The molecule has 1 aliphatic heterocycles. The highest BCUT2D eigenvalue weighted by Gasteiger charge is 2.32. The molecule has 1 aliphatic carbocycles. The molecule has 1 aromatic rings. The van der Waals surface area contributed by atoms with Gasteiger partial charge in [-0.1, -0.05) is 0 Å². The summed E-state index contributed by atoms with van der Waals surface area (Å²) in [5.41, 5.74) is 9.25. The van der Waals surface area contributed by atoms with Crippen molar-refractivity contribution in [1.82, 2.24) is 15.1 Å². The standard InChI is InChI=1S/C14H23N5/c1-10-11(2)16-17-14(13(10)9-15)19-7-5-18(6-8-19)12-3-4-12/h12H,3-9,15H2,1-2H3. The van der Waals surface area contributed by atoms with E-state index in [1.54, 1.807) is 0 Å². The zero-order valence-corrected chi connectivity index (χ0v) is 11.9. The number of hydrogen-bond acceptors (Lipinski definition) is 5.